The first-order valence-corrected chi connectivity index (χ1v) is 7.86. The molecule has 3 unspecified atom stereocenters. The summed E-state index contributed by atoms with van der Waals surface area (Å²) in [5.74, 6) is 1.97. The predicted molar refractivity (Wildman–Crippen MR) is 75.2 cm³/mol. The third-order valence-electron chi connectivity index (χ3n) is 4.86. The summed E-state index contributed by atoms with van der Waals surface area (Å²) in [6.45, 7) is 4.84. The van der Waals surface area contributed by atoms with Gasteiger partial charge in [-0.05, 0) is 45.4 Å². The Bertz CT molecular complexity index is 458. The van der Waals surface area contributed by atoms with Crippen LogP contribution >= 0.6 is 0 Å². The van der Waals surface area contributed by atoms with E-state index in [0.29, 0.717) is 24.2 Å². The fourth-order valence-electron chi connectivity index (χ4n) is 3.21. The first-order valence-electron chi connectivity index (χ1n) is 7.86. The number of nitrogens with two attached hydrogens (primary N) is 1. The van der Waals surface area contributed by atoms with Crippen LogP contribution in [-0.2, 0) is 10.2 Å². The normalized spacial score (nSPS) is 32.2. The second kappa shape index (κ2) is 5.45. The number of rotatable bonds is 5. The van der Waals surface area contributed by atoms with Crippen LogP contribution < -0.4 is 5.73 Å². The Morgan fingerprint density at radius 1 is 1.40 bits per heavy atom. The average Bonchev–Trinajstić information content (AvgIpc) is 3.16. The molecule has 1 aromatic rings. The molecular formula is C15H25N3O2. The molecule has 20 heavy (non-hydrogen) atoms. The highest BCUT2D eigenvalue weighted by Gasteiger charge is 2.42. The summed E-state index contributed by atoms with van der Waals surface area (Å²) in [7, 11) is 0. The van der Waals surface area contributed by atoms with Gasteiger partial charge in [-0.15, -0.1) is 0 Å². The molecule has 3 atom stereocenters. The predicted octanol–water partition coefficient (Wildman–Crippen LogP) is 2.72. The lowest BCUT2D eigenvalue weighted by Crippen LogP contribution is -2.45. The van der Waals surface area contributed by atoms with Gasteiger partial charge < -0.3 is 15.0 Å². The van der Waals surface area contributed by atoms with Crippen molar-refractivity contribution in [2.75, 3.05) is 6.61 Å². The Hall–Kier alpha value is -0.940. The molecule has 0 radical (unpaired) electrons. The van der Waals surface area contributed by atoms with E-state index in [4.69, 9.17) is 15.0 Å². The van der Waals surface area contributed by atoms with Crippen LogP contribution in [-0.4, -0.2) is 22.8 Å². The third-order valence-corrected chi connectivity index (χ3v) is 4.86. The maximum Gasteiger partial charge on any atom is 0.234 e. The number of hydrogen-bond acceptors (Lipinski definition) is 5. The summed E-state index contributed by atoms with van der Waals surface area (Å²) >= 11 is 0. The molecule has 3 rings (SSSR count). The molecular weight excluding hydrogens is 254 g/mol. The van der Waals surface area contributed by atoms with Gasteiger partial charge in [0.15, 0.2) is 0 Å². The van der Waals surface area contributed by atoms with Crippen LogP contribution in [0.15, 0.2) is 4.52 Å². The summed E-state index contributed by atoms with van der Waals surface area (Å²) in [5, 5.41) is 4.18. The molecule has 0 aromatic carbocycles. The maximum atomic E-state index is 6.30. The van der Waals surface area contributed by atoms with Crippen molar-refractivity contribution in [3.63, 3.8) is 0 Å². The quantitative estimate of drug-likeness (QED) is 0.897. The smallest absolute Gasteiger partial charge is 0.234 e. The molecule has 1 aromatic heterocycles. The van der Waals surface area contributed by atoms with Crippen molar-refractivity contribution in [2.45, 2.75) is 69.9 Å². The molecule has 0 bridgehead atoms. The van der Waals surface area contributed by atoms with Crippen molar-refractivity contribution >= 4 is 0 Å². The van der Waals surface area contributed by atoms with E-state index in [9.17, 15) is 0 Å². The molecule has 5 heteroatoms. The van der Waals surface area contributed by atoms with Gasteiger partial charge in [-0.25, -0.2) is 0 Å². The molecule has 0 saturated heterocycles. The standard InChI is InChI=1S/C15H25N3O2/c1-3-19-12(10-7-8-10)13-17-14(20-18-13)15(2)9-5-4-6-11(15)16/h10-12H,3-9,16H2,1-2H3. The molecule has 0 spiro atoms. The van der Waals surface area contributed by atoms with Crippen LogP contribution in [0.4, 0.5) is 0 Å². The van der Waals surface area contributed by atoms with Crippen molar-refractivity contribution in [2.24, 2.45) is 11.7 Å². The summed E-state index contributed by atoms with van der Waals surface area (Å²) in [6.07, 6.45) is 6.84. The second-order valence-electron chi connectivity index (χ2n) is 6.44. The highest BCUT2D eigenvalue weighted by molar-refractivity contribution is 5.11. The molecule has 1 heterocycles. The van der Waals surface area contributed by atoms with Crippen LogP contribution in [0.5, 0.6) is 0 Å². The zero-order chi connectivity index (χ0) is 14.2. The minimum atomic E-state index is -0.177. The van der Waals surface area contributed by atoms with Gasteiger partial charge in [0.05, 0.1) is 5.41 Å². The van der Waals surface area contributed by atoms with Gasteiger partial charge >= 0.3 is 0 Å². The van der Waals surface area contributed by atoms with Gasteiger partial charge in [-0.1, -0.05) is 18.0 Å². The Labute approximate surface area is 120 Å². The van der Waals surface area contributed by atoms with E-state index >= 15 is 0 Å². The van der Waals surface area contributed by atoms with Gasteiger partial charge in [-0.2, -0.15) is 4.98 Å². The van der Waals surface area contributed by atoms with Gasteiger partial charge in [0.1, 0.15) is 6.10 Å². The van der Waals surface area contributed by atoms with Crippen LogP contribution in [0.25, 0.3) is 0 Å². The fourth-order valence-corrected chi connectivity index (χ4v) is 3.21. The van der Waals surface area contributed by atoms with Crippen molar-refractivity contribution in [3.8, 4) is 0 Å². The van der Waals surface area contributed by atoms with Gasteiger partial charge in [-0.3, -0.25) is 0 Å². The minimum Gasteiger partial charge on any atom is -0.370 e. The highest BCUT2D eigenvalue weighted by atomic mass is 16.5. The van der Waals surface area contributed by atoms with Crippen molar-refractivity contribution in [1.29, 1.82) is 0 Å². The molecule has 5 nitrogen and oxygen atoms in total. The van der Waals surface area contributed by atoms with Gasteiger partial charge in [0, 0.05) is 12.6 Å². The van der Waals surface area contributed by atoms with Crippen LogP contribution in [0.2, 0.25) is 0 Å². The molecule has 0 amide bonds. The molecule has 2 aliphatic rings. The van der Waals surface area contributed by atoms with E-state index in [-0.39, 0.29) is 17.6 Å². The molecule has 0 aliphatic heterocycles. The van der Waals surface area contributed by atoms with Crippen molar-refractivity contribution < 1.29 is 9.26 Å². The summed E-state index contributed by atoms with van der Waals surface area (Å²) in [5.41, 5.74) is 6.13. The average molecular weight is 279 g/mol. The zero-order valence-electron chi connectivity index (χ0n) is 12.5. The van der Waals surface area contributed by atoms with Crippen LogP contribution in [0, 0.1) is 5.92 Å². The summed E-state index contributed by atoms with van der Waals surface area (Å²) in [6, 6.07) is 0.107. The van der Waals surface area contributed by atoms with E-state index in [1.807, 2.05) is 6.92 Å². The topological polar surface area (TPSA) is 74.2 Å². The molecule has 112 valence electrons. The molecule has 2 N–H and O–H groups in total. The van der Waals surface area contributed by atoms with Crippen LogP contribution in [0.3, 0.4) is 0 Å². The number of nitrogens with zero attached hydrogens (tertiary/aromatic N) is 2. The Morgan fingerprint density at radius 2 is 2.20 bits per heavy atom. The first-order chi connectivity index (χ1) is 9.65. The Balaban J connectivity index is 1.81. The number of hydrogen-bond donors (Lipinski definition) is 1. The van der Waals surface area contributed by atoms with E-state index in [2.05, 4.69) is 17.1 Å². The molecule has 2 saturated carbocycles. The van der Waals surface area contributed by atoms with E-state index < -0.39 is 0 Å². The van der Waals surface area contributed by atoms with Crippen LogP contribution in [0.1, 0.15) is 70.2 Å². The first kappa shape index (κ1) is 14.0. The molecule has 2 fully saturated rings. The van der Waals surface area contributed by atoms with Crippen molar-refractivity contribution in [1.82, 2.24) is 10.1 Å². The summed E-state index contributed by atoms with van der Waals surface area (Å²) < 4.78 is 11.4. The maximum absolute atomic E-state index is 6.30. The highest BCUT2D eigenvalue weighted by Crippen LogP contribution is 2.43. The zero-order valence-corrected chi connectivity index (χ0v) is 12.5. The second-order valence-corrected chi connectivity index (χ2v) is 6.44. The van der Waals surface area contributed by atoms with Crippen molar-refractivity contribution in [3.05, 3.63) is 11.7 Å². The fraction of sp³-hybridized carbons (Fsp3) is 0.867. The Morgan fingerprint density at radius 3 is 2.85 bits per heavy atom. The van der Waals surface area contributed by atoms with E-state index in [1.54, 1.807) is 0 Å². The lowest BCUT2D eigenvalue weighted by atomic mass is 9.72. The minimum absolute atomic E-state index is 0.000847. The summed E-state index contributed by atoms with van der Waals surface area (Å²) in [4.78, 5) is 4.65. The Kier molecular flexibility index (Phi) is 3.82. The number of ether oxygens (including phenoxy) is 1. The lowest BCUT2D eigenvalue weighted by Gasteiger charge is -2.35. The van der Waals surface area contributed by atoms with Gasteiger partial charge in [0.2, 0.25) is 11.7 Å². The molecule has 2 aliphatic carbocycles. The largest absolute Gasteiger partial charge is 0.370 e. The monoisotopic (exact) mass is 279 g/mol. The number of aromatic nitrogens is 2. The van der Waals surface area contributed by atoms with E-state index in [0.717, 1.165) is 12.8 Å². The third kappa shape index (κ3) is 2.49. The lowest BCUT2D eigenvalue weighted by molar-refractivity contribution is 0.0384. The SMILES string of the molecule is CCOC(c1noc(C2(C)CCCCC2N)n1)C1CC1. The van der Waals surface area contributed by atoms with Gasteiger partial charge in [0.25, 0.3) is 0 Å². The van der Waals surface area contributed by atoms with E-state index in [1.165, 1.54) is 25.7 Å².